The van der Waals surface area contributed by atoms with Crippen LogP contribution in [0.2, 0.25) is 0 Å². The molecule has 8 heteroatoms. The fourth-order valence-electron chi connectivity index (χ4n) is 4.18. The molecule has 1 aliphatic rings. The largest absolute Gasteiger partial charge is 0.378 e. The highest BCUT2D eigenvalue weighted by Gasteiger charge is 2.33. The van der Waals surface area contributed by atoms with E-state index < -0.39 is 0 Å². The summed E-state index contributed by atoms with van der Waals surface area (Å²) >= 11 is 1.61. The first-order chi connectivity index (χ1) is 16.4. The van der Waals surface area contributed by atoms with E-state index in [1.165, 1.54) is 0 Å². The number of carbonyl (C=O) groups excluding carboxylic acids is 1. The molecule has 0 bridgehead atoms. The molecule has 1 amide bonds. The van der Waals surface area contributed by atoms with Crippen molar-refractivity contribution in [2.75, 3.05) is 30.1 Å². The Balaban J connectivity index is 1.76. The number of aryl methyl sites for hydroxylation is 2. The molecule has 2 aromatic heterocycles. The number of carbonyl (C=O) groups is 1. The molecule has 5 rings (SSSR count). The highest BCUT2D eigenvalue weighted by atomic mass is 32.2. The molecule has 34 heavy (non-hydrogen) atoms. The average Bonchev–Trinajstić information content (AvgIpc) is 3.09. The summed E-state index contributed by atoms with van der Waals surface area (Å²) in [6.07, 6.45) is 0. The SMILES string of the molecule is Cc1cc(C)nc(-n2nc(-c3ccccc3)c3c2NC(=O)CSC3c2ccc(N(C)C)cc2)n1. The molecule has 0 spiro atoms. The van der Waals surface area contributed by atoms with Gasteiger partial charge in [0.2, 0.25) is 5.91 Å². The van der Waals surface area contributed by atoms with Gasteiger partial charge in [0, 0.05) is 42.3 Å². The molecule has 1 unspecified atom stereocenters. The third-order valence-electron chi connectivity index (χ3n) is 5.74. The van der Waals surface area contributed by atoms with Crippen molar-refractivity contribution in [2.45, 2.75) is 19.1 Å². The third kappa shape index (κ3) is 4.17. The molecule has 1 N–H and O–H groups in total. The molecule has 3 heterocycles. The van der Waals surface area contributed by atoms with Crippen LogP contribution < -0.4 is 10.2 Å². The summed E-state index contributed by atoms with van der Waals surface area (Å²) in [6.45, 7) is 3.87. The van der Waals surface area contributed by atoms with Gasteiger partial charge in [0.1, 0.15) is 5.82 Å². The van der Waals surface area contributed by atoms with E-state index in [2.05, 4.69) is 44.5 Å². The zero-order chi connectivity index (χ0) is 23.8. The van der Waals surface area contributed by atoms with E-state index in [0.717, 1.165) is 39.5 Å². The number of amides is 1. The second-order valence-corrected chi connectivity index (χ2v) is 9.66. The Labute approximate surface area is 203 Å². The number of hydrogen-bond acceptors (Lipinski definition) is 6. The number of hydrogen-bond donors (Lipinski definition) is 1. The van der Waals surface area contributed by atoms with Crippen molar-refractivity contribution in [2.24, 2.45) is 0 Å². The van der Waals surface area contributed by atoms with Crippen molar-refractivity contribution in [1.82, 2.24) is 19.7 Å². The topological polar surface area (TPSA) is 75.9 Å². The first-order valence-corrected chi connectivity index (χ1v) is 12.2. The quantitative estimate of drug-likeness (QED) is 0.462. The fraction of sp³-hybridized carbons (Fsp3) is 0.231. The van der Waals surface area contributed by atoms with Crippen molar-refractivity contribution < 1.29 is 4.79 Å². The normalized spacial score (nSPS) is 15.4. The van der Waals surface area contributed by atoms with E-state index in [1.54, 1.807) is 16.4 Å². The first kappa shape index (κ1) is 22.2. The van der Waals surface area contributed by atoms with Gasteiger partial charge in [-0.2, -0.15) is 9.78 Å². The van der Waals surface area contributed by atoms with Gasteiger partial charge in [0.25, 0.3) is 5.95 Å². The molecule has 0 radical (unpaired) electrons. The van der Waals surface area contributed by atoms with Gasteiger partial charge >= 0.3 is 0 Å². The molecule has 1 aliphatic heterocycles. The maximum atomic E-state index is 12.8. The van der Waals surface area contributed by atoms with E-state index in [1.807, 2.05) is 64.3 Å². The Morgan fingerprint density at radius 3 is 2.32 bits per heavy atom. The molecule has 0 saturated carbocycles. The number of thioether (sulfide) groups is 1. The molecule has 2 aromatic carbocycles. The highest BCUT2D eigenvalue weighted by molar-refractivity contribution is 8.00. The summed E-state index contributed by atoms with van der Waals surface area (Å²) in [5, 5.41) is 7.98. The monoisotopic (exact) mass is 470 g/mol. The average molecular weight is 471 g/mol. The van der Waals surface area contributed by atoms with Crippen LogP contribution in [0.1, 0.15) is 27.8 Å². The van der Waals surface area contributed by atoms with Crippen LogP contribution in [0, 0.1) is 13.8 Å². The highest BCUT2D eigenvalue weighted by Crippen LogP contribution is 2.46. The van der Waals surface area contributed by atoms with Crippen LogP contribution in [-0.4, -0.2) is 45.5 Å². The zero-order valence-electron chi connectivity index (χ0n) is 19.6. The van der Waals surface area contributed by atoms with Gasteiger partial charge in [-0.25, -0.2) is 9.97 Å². The Hall–Kier alpha value is -3.65. The summed E-state index contributed by atoms with van der Waals surface area (Å²) in [6, 6.07) is 20.5. The number of benzene rings is 2. The minimum Gasteiger partial charge on any atom is -0.378 e. The molecule has 4 aromatic rings. The van der Waals surface area contributed by atoms with Gasteiger partial charge in [-0.15, -0.1) is 11.8 Å². The van der Waals surface area contributed by atoms with E-state index >= 15 is 0 Å². The molecule has 0 aliphatic carbocycles. The number of anilines is 2. The molecular formula is C26H26N6OS. The Morgan fingerprint density at radius 2 is 1.68 bits per heavy atom. The number of aromatic nitrogens is 4. The number of fused-ring (bicyclic) bond motifs is 1. The minimum absolute atomic E-state index is 0.0659. The van der Waals surface area contributed by atoms with Crippen LogP contribution in [0.5, 0.6) is 0 Å². The lowest BCUT2D eigenvalue weighted by Gasteiger charge is -2.18. The number of nitrogens with zero attached hydrogens (tertiary/aromatic N) is 5. The summed E-state index contributed by atoms with van der Waals surface area (Å²) in [5.74, 6) is 1.35. The van der Waals surface area contributed by atoms with Crippen LogP contribution in [0.3, 0.4) is 0 Å². The zero-order valence-corrected chi connectivity index (χ0v) is 20.4. The van der Waals surface area contributed by atoms with Crippen LogP contribution >= 0.6 is 11.8 Å². The van der Waals surface area contributed by atoms with Gasteiger partial charge in [-0.1, -0.05) is 42.5 Å². The summed E-state index contributed by atoms with van der Waals surface area (Å²) in [7, 11) is 4.05. The van der Waals surface area contributed by atoms with Gasteiger partial charge in [-0.05, 0) is 37.6 Å². The number of rotatable bonds is 4. The molecule has 0 fully saturated rings. The lowest BCUT2D eigenvalue weighted by Crippen LogP contribution is -2.17. The van der Waals surface area contributed by atoms with Crippen molar-refractivity contribution in [3.8, 4) is 17.2 Å². The third-order valence-corrected chi connectivity index (χ3v) is 7.01. The van der Waals surface area contributed by atoms with Gasteiger partial charge in [0.05, 0.1) is 16.7 Å². The van der Waals surface area contributed by atoms with E-state index in [9.17, 15) is 4.79 Å². The van der Waals surface area contributed by atoms with E-state index in [-0.39, 0.29) is 11.2 Å². The Morgan fingerprint density at radius 1 is 1.00 bits per heavy atom. The number of nitrogens with one attached hydrogen (secondary N) is 1. The lowest BCUT2D eigenvalue weighted by molar-refractivity contribution is -0.113. The van der Waals surface area contributed by atoms with Crippen molar-refractivity contribution in [3.63, 3.8) is 0 Å². The predicted octanol–water partition coefficient (Wildman–Crippen LogP) is 4.79. The molecule has 172 valence electrons. The van der Waals surface area contributed by atoms with Crippen molar-refractivity contribution >= 4 is 29.2 Å². The molecule has 1 atom stereocenters. The van der Waals surface area contributed by atoms with E-state index in [0.29, 0.717) is 17.5 Å². The smallest absolute Gasteiger partial charge is 0.252 e. The van der Waals surface area contributed by atoms with Crippen molar-refractivity contribution in [3.05, 3.63) is 83.2 Å². The predicted molar refractivity (Wildman–Crippen MR) is 138 cm³/mol. The van der Waals surface area contributed by atoms with Gasteiger partial charge in [0.15, 0.2) is 0 Å². The Bertz CT molecular complexity index is 1330. The second-order valence-electron chi connectivity index (χ2n) is 8.56. The van der Waals surface area contributed by atoms with Crippen LogP contribution in [0.4, 0.5) is 11.5 Å². The standard InChI is InChI=1S/C26H26N6OS/c1-16-14-17(2)28-26(27-16)32-25-22(23(30-32)18-8-6-5-7-9-18)24(34-15-21(33)29-25)19-10-12-20(13-11-19)31(3)4/h5-14,24H,15H2,1-4H3,(H,29,33). The molecule has 0 saturated heterocycles. The van der Waals surface area contributed by atoms with Gasteiger partial charge in [-0.3, -0.25) is 4.79 Å². The molecule has 7 nitrogen and oxygen atoms in total. The van der Waals surface area contributed by atoms with Gasteiger partial charge < -0.3 is 10.2 Å². The summed E-state index contributed by atoms with van der Waals surface area (Å²) in [4.78, 5) is 24.1. The molecular weight excluding hydrogens is 444 g/mol. The summed E-state index contributed by atoms with van der Waals surface area (Å²) < 4.78 is 1.68. The Kier molecular flexibility index (Phi) is 5.83. The van der Waals surface area contributed by atoms with Crippen molar-refractivity contribution in [1.29, 1.82) is 0 Å². The lowest BCUT2D eigenvalue weighted by atomic mass is 9.99. The minimum atomic E-state index is -0.0833. The van der Waals surface area contributed by atoms with E-state index in [4.69, 9.17) is 5.10 Å². The maximum Gasteiger partial charge on any atom is 0.252 e. The van der Waals surface area contributed by atoms with Crippen LogP contribution in [-0.2, 0) is 4.79 Å². The maximum absolute atomic E-state index is 12.8. The first-order valence-electron chi connectivity index (χ1n) is 11.1. The fourth-order valence-corrected chi connectivity index (χ4v) is 5.31. The van der Waals surface area contributed by atoms with Crippen LogP contribution in [0.25, 0.3) is 17.2 Å². The van der Waals surface area contributed by atoms with Crippen LogP contribution in [0.15, 0.2) is 60.7 Å². The second kappa shape index (κ2) is 8.95. The summed E-state index contributed by atoms with van der Waals surface area (Å²) in [5.41, 5.74) is 6.69.